The van der Waals surface area contributed by atoms with E-state index in [1.165, 1.54) is 18.2 Å². The summed E-state index contributed by atoms with van der Waals surface area (Å²) in [5.74, 6) is -0.910. The van der Waals surface area contributed by atoms with Crippen molar-refractivity contribution in [3.05, 3.63) is 77.5 Å². The van der Waals surface area contributed by atoms with Crippen LogP contribution in [0.25, 0.3) is 0 Å². The molecule has 1 aliphatic heterocycles. The molecule has 140 valence electrons. The summed E-state index contributed by atoms with van der Waals surface area (Å²) < 4.78 is 53.4. The highest BCUT2D eigenvalue weighted by atomic mass is 19.3. The Bertz CT molecular complexity index is 935. The average molecular weight is 375 g/mol. The van der Waals surface area contributed by atoms with Crippen molar-refractivity contribution >= 4 is 17.1 Å². The Morgan fingerprint density at radius 2 is 1.93 bits per heavy atom. The van der Waals surface area contributed by atoms with Crippen LogP contribution in [-0.2, 0) is 6.54 Å². The summed E-state index contributed by atoms with van der Waals surface area (Å²) in [5, 5.41) is 7.16. The van der Waals surface area contributed by atoms with E-state index in [1.807, 2.05) is 0 Å². The normalized spacial score (nSPS) is 13.6. The standard InChI is InChI=1S/C20H17F4N3/c1-12(2)27(16-5-3-4-15(21)9-16)11-14-7-6-13(8-17(14)22)18-10-19(20(23)24)26-25-18/h3-9,20H,1,10-11H2,2H3. The van der Waals surface area contributed by atoms with Gasteiger partial charge in [-0.05, 0) is 31.2 Å². The molecule has 1 aliphatic rings. The fourth-order valence-electron chi connectivity index (χ4n) is 2.76. The Morgan fingerprint density at radius 1 is 1.15 bits per heavy atom. The number of nitrogens with zero attached hydrogens (tertiary/aromatic N) is 3. The predicted octanol–water partition coefficient (Wildman–Crippen LogP) is 5.32. The zero-order chi connectivity index (χ0) is 19.6. The summed E-state index contributed by atoms with van der Waals surface area (Å²) in [7, 11) is 0. The molecule has 27 heavy (non-hydrogen) atoms. The number of hydrogen-bond acceptors (Lipinski definition) is 3. The number of alkyl halides is 2. The highest BCUT2D eigenvalue weighted by Crippen LogP contribution is 2.24. The molecule has 0 unspecified atom stereocenters. The fraction of sp³-hybridized carbons (Fsp3) is 0.200. The topological polar surface area (TPSA) is 28.0 Å². The van der Waals surface area contributed by atoms with Crippen molar-refractivity contribution in [3.63, 3.8) is 0 Å². The highest BCUT2D eigenvalue weighted by Gasteiger charge is 2.22. The van der Waals surface area contributed by atoms with E-state index in [0.717, 1.165) is 0 Å². The maximum Gasteiger partial charge on any atom is 0.278 e. The van der Waals surface area contributed by atoms with Gasteiger partial charge < -0.3 is 4.90 Å². The molecule has 0 radical (unpaired) electrons. The smallest absolute Gasteiger partial charge is 0.278 e. The van der Waals surface area contributed by atoms with Crippen LogP contribution in [0.2, 0.25) is 0 Å². The molecule has 0 aliphatic carbocycles. The minimum absolute atomic E-state index is 0.0996. The second-order valence-corrected chi connectivity index (χ2v) is 6.22. The Balaban J connectivity index is 1.80. The molecule has 0 amide bonds. The molecule has 2 aromatic rings. The van der Waals surface area contributed by atoms with Crippen molar-refractivity contribution in [2.45, 2.75) is 26.3 Å². The van der Waals surface area contributed by atoms with Gasteiger partial charge in [0.1, 0.15) is 17.3 Å². The molecule has 0 bridgehead atoms. The molecule has 7 heteroatoms. The first kappa shape index (κ1) is 18.8. The van der Waals surface area contributed by atoms with Gasteiger partial charge in [0.25, 0.3) is 6.43 Å². The Labute approximate surface area is 154 Å². The van der Waals surface area contributed by atoms with Crippen molar-refractivity contribution in [1.82, 2.24) is 0 Å². The van der Waals surface area contributed by atoms with Gasteiger partial charge in [-0.1, -0.05) is 24.8 Å². The van der Waals surface area contributed by atoms with Crippen molar-refractivity contribution in [2.75, 3.05) is 4.90 Å². The number of anilines is 1. The van der Waals surface area contributed by atoms with Crippen LogP contribution in [0.5, 0.6) is 0 Å². The first-order chi connectivity index (χ1) is 12.8. The summed E-state index contributed by atoms with van der Waals surface area (Å²) in [4.78, 5) is 1.69. The Kier molecular flexibility index (Phi) is 5.39. The first-order valence-electron chi connectivity index (χ1n) is 8.24. The number of rotatable bonds is 6. The van der Waals surface area contributed by atoms with Gasteiger partial charge in [-0.15, -0.1) is 0 Å². The van der Waals surface area contributed by atoms with Crippen LogP contribution in [0.15, 0.2) is 64.9 Å². The minimum Gasteiger partial charge on any atom is -0.341 e. The largest absolute Gasteiger partial charge is 0.341 e. The lowest BCUT2D eigenvalue weighted by Gasteiger charge is -2.25. The quantitative estimate of drug-likeness (QED) is 0.628. The number of halogens is 4. The molecule has 3 nitrogen and oxygen atoms in total. The Morgan fingerprint density at radius 3 is 2.52 bits per heavy atom. The molecule has 2 aromatic carbocycles. The van der Waals surface area contributed by atoms with E-state index in [0.29, 0.717) is 28.2 Å². The van der Waals surface area contributed by atoms with Gasteiger partial charge in [-0.2, -0.15) is 10.2 Å². The van der Waals surface area contributed by atoms with Crippen LogP contribution in [0.1, 0.15) is 24.5 Å². The second kappa shape index (κ2) is 7.73. The van der Waals surface area contributed by atoms with E-state index in [-0.39, 0.29) is 18.7 Å². The lowest BCUT2D eigenvalue weighted by molar-refractivity contribution is 0.224. The minimum atomic E-state index is -2.68. The molecule has 0 saturated carbocycles. The molecule has 3 rings (SSSR count). The van der Waals surface area contributed by atoms with Crippen LogP contribution in [0.4, 0.5) is 23.2 Å². The summed E-state index contributed by atoms with van der Waals surface area (Å²) in [6.45, 7) is 5.76. The third-order valence-electron chi connectivity index (χ3n) is 4.20. The van der Waals surface area contributed by atoms with Crippen molar-refractivity contribution in [2.24, 2.45) is 10.2 Å². The molecule has 0 saturated heterocycles. The van der Waals surface area contributed by atoms with Crippen molar-refractivity contribution < 1.29 is 17.6 Å². The van der Waals surface area contributed by atoms with E-state index in [2.05, 4.69) is 16.8 Å². The molecule has 1 heterocycles. The SMILES string of the molecule is C=C(C)N(Cc1ccc(C2=NN=C(C(F)F)C2)cc1F)c1cccc(F)c1. The van der Waals surface area contributed by atoms with Gasteiger partial charge in [0.05, 0.1) is 12.3 Å². The molecule has 0 spiro atoms. The molecular weight excluding hydrogens is 358 g/mol. The zero-order valence-electron chi connectivity index (χ0n) is 14.6. The van der Waals surface area contributed by atoms with Crippen LogP contribution in [-0.4, -0.2) is 17.8 Å². The molecule has 0 fully saturated rings. The highest BCUT2D eigenvalue weighted by molar-refractivity contribution is 6.15. The number of hydrogen-bond donors (Lipinski definition) is 0. The maximum atomic E-state index is 14.6. The van der Waals surface area contributed by atoms with Gasteiger partial charge in [-0.25, -0.2) is 17.6 Å². The fourth-order valence-corrected chi connectivity index (χ4v) is 2.76. The van der Waals surface area contributed by atoms with E-state index >= 15 is 0 Å². The predicted molar refractivity (Wildman–Crippen MR) is 98.4 cm³/mol. The third kappa shape index (κ3) is 4.24. The lowest BCUT2D eigenvalue weighted by Crippen LogP contribution is -2.20. The van der Waals surface area contributed by atoms with Gasteiger partial charge in [0.15, 0.2) is 0 Å². The van der Waals surface area contributed by atoms with E-state index in [1.54, 1.807) is 36.1 Å². The van der Waals surface area contributed by atoms with E-state index in [9.17, 15) is 17.6 Å². The van der Waals surface area contributed by atoms with E-state index < -0.39 is 18.1 Å². The van der Waals surface area contributed by atoms with Crippen LogP contribution < -0.4 is 4.90 Å². The summed E-state index contributed by atoms with van der Waals surface area (Å²) in [6, 6.07) is 10.4. The molecule has 0 N–H and O–H groups in total. The second-order valence-electron chi connectivity index (χ2n) is 6.22. The average Bonchev–Trinajstić information content (AvgIpc) is 3.10. The number of benzene rings is 2. The molecule has 0 aromatic heterocycles. The van der Waals surface area contributed by atoms with Crippen LogP contribution >= 0.6 is 0 Å². The van der Waals surface area contributed by atoms with Gasteiger partial charge in [0, 0.05) is 28.9 Å². The van der Waals surface area contributed by atoms with E-state index in [4.69, 9.17) is 0 Å². The molecule has 0 atom stereocenters. The van der Waals surface area contributed by atoms with Crippen molar-refractivity contribution in [3.8, 4) is 0 Å². The van der Waals surface area contributed by atoms with Gasteiger partial charge in [0.2, 0.25) is 0 Å². The summed E-state index contributed by atoms with van der Waals surface area (Å²) >= 11 is 0. The first-order valence-corrected chi connectivity index (χ1v) is 8.24. The third-order valence-corrected chi connectivity index (χ3v) is 4.20. The maximum absolute atomic E-state index is 14.6. The van der Waals surface area contributed by atoms with Gasteiger partial charge in [-0.3, -0.25) is 0 Å². The van der Waals surface area contributed by atoms with Crippen LogP contribution in [0.3, 0.4) is 0 Å². The summed E-state index contributed by atoms with van der Waals surface area (Å²) in [6.07, 6.45) is -2.77. The van der Waals surface area contributed by atoms with Gasteiger partial charge >= 0.3 is 0 Å². The summed E-state index contributed by atoms with van der Waals surface area (Å²) in [5.41, 5.74) is 1.93. The van der Waals surface area contributed by atoms with Crippen molar-refractivity contribution in [1.29, 1.82) is 0 Å². The van der Waals surface area contributed by atoms with Crippen LogP contribution in [0, 0.1) is 11.6 Å². The monoisotopic (exact) mass is 375 g/mol. The number of allylic oxidation sites excluding steroid dienone is 1. The molecular formula is C20H17F4N3. The zero-order valence-corrected chi connectivity index (χ0v) is 14.6. The lowest BCUT2D eigenvalue weighted by atomic mass is 10.0. The Hall–Kier alpha value is -2.96.